The molecule has 1 saturated carbocycles. The van der Waals surface area contributed by atoms with Crippen LogP contribution in [0.25, 0.3) is 21.9 Å². The van der Waals surface area contributed by atoms with Crippen molar-refractivity contribution in [3.8, 4) is 5.75 Å². The first-order valence-electron chi connectivity index (χ1n) is 9.00. The van der Waals surface area contributed by atoms with Crippen molar-refractivity contribution >= 4 is 33.6 Å². The average molecular weight is 392 g/mol. The lowest BCUT2D eigenvalue weighted by Gasteiger charge is -2.12. The van der Waals surface area contributed by atoms with Crippen molar-refractivity contribution in [3.63, 3.8) is 0 Å². The predicted octanol–water partition coefficient (Wildman–Crippen LogP) is 3.84. The third kappa shape index (κ3) is 2.97. The Morgan fingerprint density at radius 3 is 2.75 bits per heavy atom. The van der Waals surface area contributed by atoms with Gasteiger partial charge in [0, 0.05) is 29.3 Å². The molecule has 0 radical (unpaired) electrons. The Kier molecular flexibility index (Phi) is 3.98. The minimum atomic E-state index is -0.472. The van der Waals surface area contributed by atoms with Gasteiger partial charge in [-0.25, -0.2) is 9.78 Å². The Labute approximate surface area is 163 Å². The molecule has 1 aliphatic rings. The van der Waals surface area contributed by atoms with E-state index in [4.69, 9.17) is 9.40 Å². The second-order valence-electron chi connectivity index (χ2n) is 6.88. The first kappa shape index (κ1) is 17.1. The summed E-state index contributed by atoms with van der Waals surface area (Å²) in [6.45, 7) is 0. The Hall–Kier alpha value is -3.06. The molecule has 7 heteroatoms. The Balaban J connectivity index is 1.58. The molecule has 0 unspecified atom stereocenters. The van der Waals surface area contributed by atoms with Gasteiger partial charge in [0.25, 0.3) is 5.56 Å². The quantitative estimate of drug-likeness (QED) is 0.323. The van der Waals surface area contributed by atoms with Crippen LogP contribution >= 0.6 is 11.8 Å². The van der Waals surface area contributed by atoms with Crippen molar-refractivity contribution in [3.05, 3.63) is 74.9 Å². The maximum Gasteiger partial charge on any atom is 0.336 e. The minimum Gasteiger partial charge on any atom is -0.508 e. The van der Waals surface area contributed by atoms with E-state index in [-0.39, 0.29) is 17.4 Å². The average Bonchev–Trinajstić information content (AvgIpc) is 3.50. The van der Waals surface area contributed by atoms with Crippen molar-refractivity contribution in [1.82, 2.24) is 9.55 Å². The highest BCUT2D eigenvalue weighted by molar-refractivity contribution is 7.98. The molecule has 4 aromatic rings. The van der Waals surface area contributed by atoms with E-state index in [0.29, 0.717) is 27.4 Å². The normalized spacial score (nSPS) is 14.0. The highest BCUT2D eigenvalue weighted by Crippen LogP contribution is 2.37. The highest BCUT2D eigenvalue weighted by Gasteiger charge is 2.28. The van der Waals surface area contributed by atoms with Crippen molar-refractivity contribution in [2.45, 2.75) is 29.8 Å². The maximum atomic E-state index is 13.0. The fourth-order valence-electron chi connectivity index (χ4n) is 3.36. The lowest BCUT2D eigenvalue weighted by molar-refractivity contribution is 0.473. The van der Waals surface area contributed by atoms with Crippen LogP contribution in [0.3, 0.4) is 0 Å². The van der Waals surface area contributed by atoms with E-state index in [1.165, 1.54) is 23.9 Å². The van der Waals surface area contributed by atoms with Gasteiger partial charge in [-0.15, -0.1) is 0 Å². The number of aromatic hydroxyl groups is 1. The van der Waals surface area contributed by atoms with Crippen LogP contribution in [0.15, 0.2) is 67.7 Å². The number of hydrogen-bond acceptors (Lipinski definition) is 6. The molecule has 1 N–H and O–H groups in total. The zero-order valence-corrected chi connectivity index (χ0v) is 15.6. The van der Waals surface area contributed by atoms with Gasteiger partial charge in [-0.2, -0.15) is 0 Å². The molecular formula is C21H16N2O4S. The molecule has 0 spiro atoms. The highest BCUT2D eigenvalue weighted by atomic mass is 32.2. The molecule has 28 heavy (non-hydrogen) atoms. The Morgan fingerprint density at radius 2 is 1.93 bits per heavy atom. The minimum absolute atomic E-state index is 0.0158. The van der Waals surface area contributed by atoms with Crippen LogP contribution in [0, 0.1) is 0 Å². The molecule has 2 aromatic heterocycles. The first-order valence-corrected chi connectivity index (χ1v) is 9.98. The molecule has 140 valence electrons. The molecule has 5 rings (SSSR count). The van der Waals surface area contributed by atoms with E-state index >= 15 is 0 Å². The number of nitrogens with zero attached hydrogens (tertiary/aromatic N) is 2. The van der Waals surface area contributed by atoms with Gasteiger partial charge in [0.2, 0.25) is 0 Å². The third-order valence-corrected chi connectivity index (χ3v) is 5.86. The first-order chi connectivity index (χ1) is 13.6. The monoisotopic (exact) mass is 392 g/mol. The van der Waals surface area contributed by atoms with Gasteiger partial charge in [0.1, 0.15) is 11.3 Å². The Morgan fingerprint density at radius 1 is 1.11 bits per heavy atom. The van der Waals surface area contributed by atoms with Gasteiger partial charge in [-0.3, -0.25) is 9.36 Å². The van der Waals surface area contributed by atoms with E-state index in [2.05, 4.69) is 0 Å². The summed E-state index contributed by atoms with van der Waals surface area (Å²) >= 11 is 1.43. The fraction of sp³-hybridized carbons (Fsp3) is 0.190. The smallest absolute Gasteiger partial charge is 0.336 e. The van der Waals surface area contributed by atoms with Crippen molar-refractivity contribution in [2.24, 2.45) is 0 Å². The van der Waals surface area contributed by atoms with Crippen molar-refractivity contribution < 1.29 is 9.52 Å². The van der Waals surface area contributed by atoms with E-state index in [1.54, 1.807) is 22.8 Å². The number of thioether (sulfide) groups is 1. The number of benzene rings is 2. The third-order valence-electron chi connectivity index (χ3n) is 4.86. The van der Waals surface area contributed by atoms with Crippen molar-refractivity contribution in [1.29, 1.82) is 0 Å². The summed E-state index contributed by atoms with van der Waals surface area (Å²) in [6.07, 6.45) is 1.95. The molecule has 1 aliphatic carbocycles. The second kappa shape index (κ2) is 6.53. The largest absolute Gasteiger partial charge is 0.508 e. The van der Waals surface area contributed by atoms with Gasteiger partial charge >= 0.3 is 5.63 Å². The number of hydrogen-bond donors (Lipinski definition) is 1. The predicted molar refractivity (Wildman–Crippen MR) is 108 cm³/mol. The summed E-state index contributed by atoms with van der Waals surface area (Å²) in [5.74, 6) is 0.504. The van der Waals surface area contributed by atoms with Crippen LogP contribution in [-0.2, 0) is 5.75 Å². The zero-order chi connectivity index (χ0) is 19.3. The van der Waals surface area contributed by atoms with Crippen molar-refractivity contribution in [2.75, 3.05) is 0 Å². The van der Waals surface area contributed by atoms with Gasteiger partial charge in [0.15, 0.2) is 5.16 Å². The maximum absolute atomic E-state index is 13.0. The lowest BCUT2D eigenvalue weighted by atomic mass is 10.1. The number of phenols is 1. The summed E-state index contributed by atoms with van der Waals surface area (Å²) in [4.78, 5) is 29.6. The summed E-state index contributed by atoms with van der Waals surface area (Å²) in [5.41, 5.74) is 1.31. The topological polar surface area (TPSA) is 85.3 Å². The summed E-state index contributed by atoms with van der Waals surface area (Å²) in [7, 11) is 0. The van der Waals surface area contributed by atoms with Gasteiger partial charge < -0.3 is 9.52 Å². The number of phenolic OH excluding ortho intramolecular Hbond substituents is 1. The fourth-order valence-corrected chi connectivity index (χ4v) is 4.42. The zero-order valence-electron chi connectivity index (χ0n) is 14.8. The lowest BCUT2D eigenvalue weighted by Crippen LogP contribution is -2.22. The molecule has 2 aromatic carbocycles. The molecule has 0 atom stereocenters. The standard InChI is InChI=1S/C21H16N2O4S/c24-14-7-8-15-12(9-19(25)27-18(15)10-14)11-28-21-22-17-4-2-1-3-16(17)20(26)23(21)13-5-6-13/h1-4,7-10,13,24H,5-6,11H2. The van der Waals surface area contributed by atoms with Crippen LogP contribution < -0.4 is 11.2 Å². The van der Waals surface area contributed by atoms with E-state index in [9.17, 15) is 14.7 Å². The number of aromatic nitrogens is 2. The van der Waals surface area contributed by atoms with E-state index in [0.717, 1.165) is 23.8 Å². The van der Waals surface area contributed by atoms with Gasteiger partial charge in [-0.1, -0.05) is 23.9 Å². The molecule has 6 nitrogen and oxygen atoms in total. The molecule has 2 heterocycles. The van der Waals surface area contributed by atoms with Gasteiger partial charge in [-0.05, 0) is 42.7 Å². The molecule has 0 bridgehead atoms. The molecular weight excluding hydrogens is 376 g/mol. The summed E-state index contributed by atoms with van der Waals surface area (Å²) < 4.78 is 6.97. The van der Waals surface area contributed by atoms with Gasteiger partial charge in [0.05, 0.1) is 10.9 Å². The molecule has 0 aliphatic heterocycles. The molecule has 1 fully saturated rings. The van der Waals surface area contributed by atoms with Crippen LogP contribution in [0.5, 0.6) is 5.75 Å². The number of fused-ring (bicyclic) bond motifs is 2. The van der Waals surface area contributed by atoms with E-state index < -0.39 is 5.63 Å². The summed E-state index contributed by atoms with van der Waals surface area (Å²) in [6, 6.07) is 13.7. The Bertz CT molecular complexity index is 1340. The van der Waals surface area contributed by atoms with Crippen LogP contribution in [0.2, 0.25) is 0 Å². The molecule has 0 amide bonds. The van der Waals surface area contributed by atoms with Crippen LogP contribution in [0.4, 0.5) is 0 Å². The number of rotatable bonds is 4. The second-order valence-corrected chi connectivity index (χ2v) is 7.82. The SMILES string of the molecule is O=c1cc(CSc2nc3ccccc3c(=O)n2C2CC2)c2ccc(O)cc2o1. The van der Waals surface area contributed by atoms with E-state index in [1.807, 2.05) is 18.2 Å². The summed E-state index contributed by atoms with van der Waals surface area (Å²) in [5, 5.41) is 11.7. The number of para-hydroxylation sites is 1. The van der Waals surface area contributed by atoms with Crippen LogP contribution in [-0.4, -0.2) is 14.7 Å². The molecule has 0 saturated heterocycles. The van der Waals surface area contributed by atoms with Crippen LogP contribution in [0.1, 0.15) is 24.4 Å².